The maximum Gasteiger partial charge on any atom is 0.254 e. The molecule has 2 aromatic heterocycles. The highest BCUT2D eigenvalue weighted by Crippen LogP contribution is 2.37. The lowest BCUT2D eigenvalue weighted by atomic mass is 9.91. The van der Waals surface area contributed by atoms with Gasteiger partial charge in [-0.3, -0.25) is 4.79 Å². The molecule has 4 rings (SSSR count). The summed E-state index contributed by atoms with van der Waals surface area (Å²) in [4.78, 5) is 27.7. The monoisotopic (exact) mass is 455 g/mol. The van der Waals surface area contributed by atoms with Gasteiger partial charge in [-0.1, -0.05) is 30.3 Å². The molecule has 0 saturated carbocycles. The standard InChI is InChI=1S/C25H22FN7O/c1-14(31-24-18(12-27)23(28)29-13-30-24)22-20(15-7-5-4-6-8-15)21(25(34)33(2)3)17-11-16(26)9-10-19(17)32-22/h4-11,13-14H,1-3H3,(H3,28,29,30,31)/t14-/m0/s1. The zero-order valence-electron chi connectivity index (χ0n) is 18.9. The average molecular weight is 455 g/mol. The SMILES string of the molecule is C[C@H](Nc1ncnc(N)c1C#N)c1nc2ccc(F)cc2c(C(=O)N(C)C)c1-c1ccccc1. The molecule has 8 nitrogen and oxygen atoms in total. The number of fused-ring (bicyclic) bond motifs is 1. The van der Waals surface area contributed by atoms with Crippen LogP contribution in [0, 0.1) is 17.1 Å². The van der Waals surface area contributed by atoms with Gasteiger partial charge in [-0.2, -0.15) is 5.26 Å². The highest BCUT2D eigenvalue weighted by molar-refractivity contribution is 6.12. The lowest BCUT2D eigenvalue weighted by Crippen LogP contribution is -2.24. The van der Waals surface area contributed by atoms with Gasteiger partial charge in [-0.25, -0.2) is 19.3 Å². The second-order valence-corrected chi connectivity index (χ2v) is 7.93. The number of nitriles is 1. The number of hydrogen-bond donors (Lipinski definition) is 2. The Bertz CT molecular complexity index is 1430. The summed E-state index contributed by atoms with van der Waals surface area (Å²) >= 11 is 0. The van der Waals surface area contributed by atoms with Crippen LogP contribution in [0.4, 0.5) is 16.0 Å². The molecule has 0 aliphatic carbocycles. The van der Waals surface area contributed by atoms with Gasteiger partial charge in [-0.05, 0) is 30.7 Å². The van der Waals surface area contributed by atoms with E-state index in [1.165, 1.54) is 23.4 Å². The Labute approximate surface area is 195 Å². The number of nitrogens with one attached hydrogen (secondary N) is 1. The molecule has 34 heavy (non-hydrogen) atoms. The van der Waals surface area contributed by atoms with Crippen LogP contribution in [-0.4, -0.2) is 39.9 Å². The fourth-order valence-corrected chi connectivity index (χ4v) is 3.80. The maximum absolute atomic E-state index is 14.3. The molecule has 1 atom stereocenters. The van der Waals surface area contributed by atoms with Crippen LogP contribution in [0.3, 0.4) is 0 Å². The molecule has 0 unspecified atom stereocenters. The minimum atomic E-state index is -0.500. The normalized spacial score (nSPS) is 11.6. The molecule has 0 aliphatic heterocycles. The number of halogens is 1. The number of carbonyl (C=O) groups is 1. The van der Waals surface area contributed by atoms with E-state index < -0.39 is 11.9 Å². The summed E-state index contributed by atoms with van der Waals surface area (Å²) in [5.74, 6) is -0.437. The van der Waals surface area contributed by atoms with Crippen molar-refractivity contribution in [3.63, 3.8) is 0 Å². The Morgan fingerprint density at radius 2 is 1.91 bits per heavy atom. The van der Waals surface area contributed by atoms with E-state index in [4.69, 9.17) is 10.7 Å². The number of nitrogen functional groups attached to an aromatic ring is 1. The van der Waals surface area contributed by atoms with Crippen molar-refractivity contribution in [1.82, 2.24) is 19.9 Å². The van der Waals surface area contributed by atoms with Gasteiger partial charge in [0.1, 0.15) is 35.4 Å². The number of pyridine rings is 1. The van der Waals surface area contributed by atoms with Crippen molar-refractivity contribution in [1.29, 1.82) is 5.26 Å². The predicted molar refractivity (Wildman–Crippen MR) is 128 cm³/mol. The number of nitrogens with two attached hydrogens (primary N) is 1. The van der Waals surface area contributed by atoms with E-state index in [0.717, 1.165) is 5.56 Å². The van der Waals surface area contributed by atoms with Crippen molar-refractivity contribution in [3.8, 4) is 17.2 Å². The Morgan fingerprint density at radius 1 is 1.18 bits per heavy atom. The van der Waals surface area contributed by atoms with Crippen LogP contribution in [0.5, 0.6) is 0 Å². The second-order valence-electron chi connectivity index (χ2n) is 7.93. The van der Waals surface area contributed by atoms with E-state index in [2.05, 4.69) is 15.3 Å². The van der Waals surface area contributed by atoms with Crippen LogP contribution in [0.2, 0.25) is 0 Å². The minimum Gasteiger partial charge on any atom is -0.382 e. The molecular formula is C25H22FN7O. The molecule has 0 radical (unpaired) electrons. The van der Waals surface area contributed by atoms with E-state index in [-0.39, 0.29) is 23.1 Å². The molecule has 0 spiro atoms. The van der Waals surface area contributed by atoms with Gasteiger partial charge >= 0.3 is 0 Å². The van der Waals surface area contributed by atoms with Crippen LogP contribution in [0.1, 0.15) is 34.6 Å². The van der Waals surface area contributed by atoms with Gasteiger partial charge in [0.05, 0.1) is 22.8 Å². The highest BCUT2D eigenvalue weighted by atomic mass is 19.1. The third-order valence-electron chi connectivity index (χ3n) is 5.41. The minimum absolute atomic E-state index is 0.0564. The molecule has 170 valence electrons. The topological polar surface area (TPSA) is 121 Å². The number of carbonyl (C=O) groups excluding carboxylic acids is 1. The molecule has 2 aromatic carbocycles. The molecule has 1 amide bonds. The fraction of sp³-hybridized carbons (Fsp3) is 0.160. The van der Waals surface area contributed by atoms with Gasteiger partial charge in [-0.15, -0.1) is 0 Å². The number of nitrogens with zero attached hydrogens (tertiary/aromatic N) is 5. The molecule has 0 bridgehead atoms. The number of anilines is 2. The smallest absolute Gasteiger partial charge is 0.254 e. The average Bonchev–Trinajstić information content (AvgIpc) is 2.83. The van der Waals surface area contributed by atoms with Crippen LogP contribution in [0.15, 0.2) is 54.9 Å². The van der Waals surface area contributed by atoms with Crippen LogP contribution in [0.25, 0.3) is 22.0 Å². The van der Waals surface area contributed by atoms with Crippen LogP contribution < -0.4 is 11.1 Å². The van der Waals surface area contributed by atoms with E-state index in [1.807, 2.05) is 43.3 Å². The Morgan fingerprint density at radius 3 is 2.59 bits per heavy atom. The fourth-order valence-electron chi connectivity index (χ4n) is 3.80. The lowest BCUT2D eigenvalue weighted by Gasteiger charge is -2.23. The highest BCUT2D eigenvalue weighted by Gasteiger charge is 2.26. The predicted octanol–water partition coefficient (Wildman–Crippen LogP) is 4.16. The summed E-state index contributed by atoms with van der Waals surface area (Å²) in [7, 11) is 3.29. The molecular weight excluding hydrogens is 433 g/mol. The van der Waals surface area contributed by atoms with E-state index in [1.54, 1.807) is 20.2 Å². The first-order chi connectivity index (χ1) is 16.3. The lowest BCUT2D eigenvalue weighted by molar-refractivity contribution is 0.0830. The largest absolute Gasteiger partial charge is 0.382 e. The van der Waals surface area contributed by atoms with Crippen molar-refractivity contribution >= 4 is 28.4 Å². The van der Waals surface area contributed by atoms with Crippen molar-refractivity contribution in [3.05, 3.63) is 77.5 Å². The zero-order valence-corrected chi connectivity index (χ0v) is 18.9. The number of amides is 1. The van der Waals surface area contributed by atoms with Gasteiger partial charge in [0.2, 0.25) is 0 Å². The van der Waals surface area contributed by atoms with E-state index in [9.17, 15) is 14.4 Å². The molecule has 9 heteroatoms. The summed E-state index contributed by atoms with van der Waals surface area (Å²) in [5, 5.41) is 13.1. The van der Waals surface area contributed by atoms with Crippen LogP contribution in [-0.2, 0) is 0 Å². The summed E-state index contributed by atoms with van der Waals surface area (Å²) in [6, 6.07) is 15.0. The Balaban J connectivity index is 2.02. The van der Waals surface area contributed by atoms with Crippen molar-refractivity contribution in [2.75, 3.05) is 25.1 Å². The zero-order chi connectivity index (χ0) is 24.4. The molecule has 3 N–H and O–H groups in total. The Hall–Kier alpha value is -4.58. The summed E-state index contributed by atoms with van der Waals surface area (Å²) in [6.45, 7) is 1.84. The molecule has 0 aliphatic rings. The van der Waals surface area contributed by atoms with Gasteiger partial charge in [0.15, 0.2) is 0 Å². The number of rotatable bonds is 5. The molecule has 2 heterocycles. The summed E-state index contributed by atoms with van der Waals surface area (Å²) in [6.07, 6.45) is 1.26. The van der Waals surface area contributed by atoms with Crippen molar-refractivity contribution < 1.29 is 9.18 Å². The van der Waals surface area contributed by atoms with E-state index in [0.29, 0.717) is 27.7 Å². The third-order valence-corrected chi connectivity index (χ3v) is 5.41. The number of hydrogen-bond acceptors (Lipinski definition) is 7. The second kappa shape index (κ2) is 9.11. The number of aromatic nitrogens is 3. The third kappa shape index (κ3) is 4.09. The van der Waals surface area contributed by atoms with Crippen molar-refractivity contribution in [2.45, 2.75) is 13.0 Å². The summed E-state index contributed by atoms with van der Waals surface area (Å²) in [5.41, 5.74) is 8.62. The molecule has 0 fully saturated rings. The van der Waals surface area contributed by atoms with Gasteiger partial charge in [0.25, 0.3) is 5.91 Å². The molecule has 0 saturated heterocycles. The van der Waals surface area contributed by atoms with E-state index >= 15 is 0 Å². The summed E-state index contributed by atoms with van der Waals surface area (Å²) < 4.78 is 14.3. The maximum atomic E-state index is 14.3. The first kappa shape index (κ1) is 22.6. The van der Waals surface area contributed by atoms with Crippen LogP contribution >= 0.6 is 0 Å². The van der Waals surface area contributed by atoms with Gasteiger partial charge < -0.3 is 16.0 Å². The first-order valence-corrected chi connectivity index (χ1v) is 10.5. The molecule has 4 aromatic rings. The first-order valence-electron chi connectivity index (χ1n) is 10.5. The Kier molecular flexibility index (Phi) is 6.06. The van der Waals surface area contributed by atoms with Gasteiger partial charge in [0, 0.05) is 25.0 Å². The van der Waals surface area contributed by atoms with Crippen molar-refractivity contribution in [2.24, 2.45) is 0 Å². The quantitative estimate of drug-likeness (QED) is 0.463. The number of benzene rings is 2.